The number of rotatable bonds is 7. The third-order valence-corrected chi connectivity index (χ3v) is 7.93. The van der Waals surface area contributed by atoms with E-state index in [1.54, 1.807) is 18.2 Å². The van der Waals surface area contributed by atoms with Gasteiger partial charge in [-0.15, -0.1) is 11.3 Å². The molecule has 11 heteroatoms. The Balaban J connectivity index is 1.76. The molecule has 3 N–H and O–H groups in total. The van der Waals surface area contributed by atoms with Crippen molar-refractivity contribution in [1.82, 2.24) is 15.0 Å². The summed E-state index contributed by atoms with van der Waals surface area (Å²) in [5, 5.41) is 7.63. The van der Waals surface area contributed by atoms with Crippen LogP contribution in [0.1, 0.15) is 44.6 Å². The molecule has 186 valence electrons. The minimum atomic E-state index is -4.42. The molecule has 1 fully saturated rings. The fourth-order valence-corrected chi connectivity index (χ4v) is 6.15. The monoisotopic (exact) mass is 499 g/mol. The molecule has 0 radical (unpaired) electrons. The van der Waals surface area contributed by atoms with Crippen molar-refractivity contribution in [1.29, 1.82) is 0 Å². The first-order valence-corrected chi connectivity index (χ1v) is 12.2. The normalized spacial score (nSPS) is 24.1. The van der Waals surface area contributed by atoms with Gasteiger partial charge in [0.1, 0.15) is 6.17 Å². The van der Waals surface area contributed by atoms with Crippen molar-refractivity contribution in [2.24, 2.45) is 5.73 Å². The van der Waals surface area contributed by atoms with Crippen LogP contribution in [0.5, 0.6) is 0 Å². The minimum Gasteiger partial charge on any atom is -0.378 e. The molecule has 1 aliphatic heterocycles. The van der Waals surface area contributed by atoms with Crippen molar-refractivity contribution in [2.45, 2.75) is 76.5 Å². The maximum absolute atomic E-state index is 15.5. The van der Waals surface area contributed by atoms with Gasteiger partial charge in [0.2, 0.25) is 11.7 Å². The Morgan fingerprint density at radius 1 is 1.26 bits per heavy atom. The standard InChI is InChI=1S/C23H29F4N5OS/c1-4-12-9-16(19(24)17(5-2)32(12)3)29-15-8-6-7-13-14(10-23(25,26)27)21(34-20(13)15)22-30-18(11-28)33-31-22/h6-8,12,16-17,19,29H,4-5,9-11,28H2,1-3H3. The van der Waals surface area contributed by atoms with Crippen molar-refractivity contribution < 1.29 is 22.1 Å². The van der Waals surface area contributed by atoms with Gasteiger partial charge in [-0.25, -0.2) is 4.39 Å². The quantitative estimate of drug-likeness (QED) is 0.417. The molecular formula is C23H29F4N5OS. The Hall–Kier alpha value is -2.24. The minimum absolute atomic E-state index is 0.00941. The highest BCUT2D eigenvalue weighted by Crippen LogP contribution is 2.44. The van der Waals surface area contributed by atoms with E-state index in [-0.39, 0.29) is 40.8 Å². The van der Waals surface area contributed by atoms with Crippen LogP contribution in [0.4, 0.5) is 23.2 Å². The second-order valence-corrected chi connectivity index (χ2v) is 9.75. The summed E-state index contributed by atoms with van der Waals surface area (Å²) in [6.07, 6.45) is -4.48. The number of anilines is 1. The van der Waals surface area contributed by atoms with Crippen LogP contribution in [-0.4, -0.2) is 52.6 Å². The Bertz CT molecular complexity index is 1130. The number of likely N-dealkylation sites (tertiary alicyclic amines) is 1. The van der Waals surface area contributed by atoms with Gasteiger partial charge in [-0.1, -0.05) is 31.1 Å². The van der Waals surface area contributed by atoms with Crippen LogP contribution >= 0.6 is 11.3 Å². The van der Waals surface area contributed by atoms with Gasteiger partial charge in [0.25, 0.3) is 0 Å². The topological polar surface area (TPSA) is 80.2 Å². The molecule has 0 saturated carbocycles. The largest absolute Gasteiger partial charge is 0.393 e. The lowest BCUT2D eigenvalue weighted by Gasteiger charge is -2.45. The van der Waals surface area contributed by atoms with Crippen LogP contribution in [-0.2, 0) is 13.0 Å². The summed E-state index contributed by atoms with van der Waals surface area (Å²) in [6.45, 7) is 4.04. The van der Waals surface area contributed by atoms with Gasteiger partial charge in [-0.2, -0.15) is 18.2 Å². The van der Waals surface area contributed by atoms with Crippen LogP contribution in [0.15, 0.2) is 22.7 Å². The molecule has 3 heterocycles. The van der Waals surface area contributed by atoms with E-state index in [9.17, 15) is 13.2 Å². The summed E-state index contributed by atoms with van der Waals surface area (Å²) in [5.41, 5.74) is 6.23. The molecule has 2 aromatic heterocycles. The molecule has 0 bridgehead atoms. The summed E-state index contributed by atoms with van der Waals surface area (Å²) in [7, 11) is 1.96. The van der Waals surface area contributed by atoms with E-state index in [0.717, 1.165) is 17.8 Å². The highest BCUT2D eigenvalue weighted by molar-refractivity contribution is 7.23. The first-order chi connectivity index (χ1) is 16.2. The van der Waals surface area contributed by atoms with Crippen LogP contribution in [0, 0.1) is 0 Å². The SMILES string of the molecule is CCC1CC(Nc2cccc3c(CC(F)(F)F)c(-c4noc(CN)n4)sc23)C(F)C(CC)N1C. The number of benzene rings is 1. The Morgan fingerprint density at radius 3 is 2.65 bits per heavy atom. The van der Waals surface area contributed by atoms with E-state index in [0.29, 0.717) is 28.6 Å². The maximum atomic E-state index is 15.5. The predicted molar refractivity (Wildman–Crippen MR) is 126 cm³/mol. The molecule has 4 rings (SSSR count). The van der Waals surface area contributed by atoms with E-state index >= 15 is 4.39 Å². The number of nitrogens with two attached hydrogens (primary N) is 1. The zero-order valence-corrected chi connectivity index (χ0v) is 20.1. The Labute approximate surface area is 199 Å². The lowest BCUT2D eigenvalue weighted by Crippen LogP contribution is -2.57. The molecule has 1 aromatic carbocycles. The van der Waals surface area contributed by atoms with Gasteiger partial charge in [0, 0.05) is 12.1 Å². The van der Waals surface area contributed by atoms with E-state index in [2.05, 4.69) is 27.3 Å². The number of halogens is 4. The molecule has 1 saturated heterocycles. The van der Waals surface area contributed by atoms with E-state index in [1.807, 2.05) is 14.0 Å². The fourth-order valence-electron chi connectivity index (χ4n) is 4.93. The van der Waals surface area contributed by atoms with Crippen molar-refractivity contribution in [2.75, 3.05) is 12.4 Å². The molecule has 3 aromatic rings. The van der Waals surface area contributed by atoms with Gasteiger partial charge in [0.15, 0.2) is 0 Å². The number of aromatic nitrogens is 2. The zero-order valence-electron chi connectivity index (χ0n) is 19.3. The predicted octanol–water partition coefficient (Wildman–Crippen LogP) is 5.53. The summed E-state index contributed by atoms with van der Waals surface area (Å²) < 4.78 is 61.6. The summed E-state index contributed by atoms with van der Waals surface area (Å²) in [4.78, 5) is 6.54. The third-order valence-electron chi connectivity index (χ3n) is 6.65. The number of nitrogens with one attached hydrogen (secondary N) is 1. The van der Waals surface area contributed by atoms with E-state index < -0.39 is 24.8 Å². The number of nitrogens with zero attached hydrogens (tertiary/aromatic N) is 3. The fraction of sp³-hybridized carbons (Fsp3) is 0.565. The van der Waals surface area contributed by atoms with Gasteiger partial charge >= 0.3 is 6.18 Å². The molecule has 4 unspecified atom stereocenters. The lowest BCUT2D eigenvalue weighted by atomic mass is 9.87. The molecule has 4 atom stereocenters. The Morgan fingerprint density at radius 2 is 2.03 bits per heavy atom. The van der Waals surface area contributed by atoms with E-state index in [1.165, 1.54) is 0 Å². The molecule has 34 heavy (non-hydrogen) atoms. The number of hydrogen-bond donors (Lipinski definition) is 2. The second-order valence-electron chi connectivity index (χ2n) is 8.73. The van der Waals surface area contributed by atoms with E-state index in [4.69, 9.17) is 10.3 Å². The number of hydrogen-bond acceptors (Lipinski definition) is 7. The average Bonchev–Trinajstić information content (AvgIpc) is 3.40. The molecule has 0 aliphatic carbocycles. The number of thiophene rings is 1. The molecule has 6 nitrogen and oxygen atoms in total. The van der Waals surface area contributed by atoms with Crippen LogP contribution in [0.3, 0.4) is 0 Å². The van der Waals surface area contributed by atoms with Crippen LogP contribution in [0.25, 0.3) is 20.8 Å². The number of fused-ring (bicyclic) bond motifs is 1. The molecule has 0 spiro atoms. The summed E-state index contributed by atoms with van der Waals surface area (Å²) in [6, 6.07) is 4.69. The zero-order chi connectivity index (χ0) is 24.6. The van der Waals surface area contributed by atoms with Crippen molar-refractivity contribution in [3.63, 3.8) is 0 Å². The van der Waals surface area contributed by atoms with Crippen molar-refractivity contribution in [3.8, 4) is 10.7 Å². The molecule has 0 amide bonds. The lowest BCUT2D eigenvalue weighted by molar-refractivity contribution is -0.126. The Kier molecular flexibility index (Phi) is 7.16. The highest BCUT2D eigenvalue weighted by atomic mass is 32.1. The van der Waals surface area contributed by atoms with Crippen LogP contribution in [0.2, 0.25) is 0 Å². The highest BCUT2D eigenvalue weighted by Gasteiger charge is 2.40. The van der Waals surface area contributed by atoms with Gasteiger partial charge in [-0.3, -0.25) is 4.90 Å². The van der Waals surface area contributed by atoms with Gasteiger partial charge in [-0.05, 0) is 43.3 Å². The average molecular weight is 500 g/mol. The second kappa shape index (κ2) is 9.79. The van der Waals surface area contributed by atoms with Crippen molar-refractivity contribution in [3.05, 3.63) is 29.7 Å². The summed E-state index contributed by atoms with van der Waals surface area (Å²) >= 11 is 1.15. The number of alkyl halides is 4. The summed E-state index contributed by atoms with van der Waals surface area (Å²) in [5.74, 6) is 0.221. The first kappa shape index (κ1) is 24.9. The molecular weight excluding hydrogens is 470 g/mol. The third kappa shape index (κ3) is 4.78. The number of piperidine rings is 1. The first-order valence-electron chi connectivity index (χ1n) is 11.4. The van der Waals surface area contributed by atoms with Crippen LogP contribution < -0.4 is 11.1 Å². The maximum Gasteiger partial charge on any atom is 0.393 e. The smallest absolute Gasteiger partial charge is 0.378 e. The van der Waals surface area contributed by atoms with Gasteiger partial charge < -0.3 is 15.6 Å². The van der Waals surface area contributed by atoms with Crippen molar-refractivity contribution >= 4 is 27.1 Å². The van der Waals surface area contributed by atoms with Gasteiger partial charge in [0.05, 0.1) is 34.3 Å². The molecule has 1 aliphatic rings.